The van der Waals surface area contributed by atoms with Gasteiger partial charge in [0.15, 0.2) is 0 Å². The predicted molar refractivity (Wildman–Crippen MR) is 97.0 cm³/mol. The van der Waals surface area contributed by atoms with Crippen LogP contribution in [-0.4, -0.2) is 48.5 Å². The molecular weight excluding hydrogens is 319 g/mol. The summed E-state index contributed by atoms with van der Waals surface area (Å²) in [4.78, 5) is 17.8. The monoisotopic (exact) mass is 346 g/mol. The maximum atomic E-state index is 11.0. The molecular formula is C18H27BN2O4. The molecule has 6 nitrogen and oxygen atoms in total. The molecule has 2 saturated heterocycles. The Morgan fingerprint density at radius 1 is 1.20 bits per heavy atom. The fourth-order valence-corrected chi connectivity index (χ4v) is 3.14. The molecule has 136 valence electrons. The van der Waals surface area contributed by atoms with Crippen molar-refractivity contribution in [2.75, 3.05) is 18.0 Å². The van der Waals surface area contributed by atoms with E-state index in [0.717, 1.165) is 37.2 Å². The van der Waals surface area contributed by atoms with Crippen LogP contribution in [0.4, 0.5) is 5.82 Å². The summed E-state index contributed by atoms with van der Waals surface area (Å²) < 4.78 is 17.4. The highest BCUT2D eigenvalue weighted by Gasteiger charge is 2.51. The number of esters is 1. The number of piperidine rings is 1. The number of hydrogen-bond donors (Lipinski definition) is 0. The van der Waals surface area contributed by atoms with Gasteiger partial charge < -0.3 is 18.9 Å². The summed E-state index contributed by atoms with van der Waals surface area (Å²) in [7, 11) is -0.388. The Hall–Kier alpha value is -1.60. The summed E-state index contributed by atoms with van der Waals surface area (Å²) in [5.41, 5.74) is 0.223. The topological polar surface area (TPSA) is 60.9 Å². The van der Waals surface area contributed by atoms with E-state index in [1.165, 1.54) is 6.92 Å². The highest BCUT2D eigenvalue weighted by atomic mass is 16.7. The Balaban J connectivity index is 1.61. The standard InChI is InChI=1S/C18H27BN2O4/c1-13(22)23-15-8-10-21(11-9-15)16-7-6-14(12-20-16)19-24-17(2,3)18(4,5)25-19/h6-7,12,15H,8-11H2,1-5H3. The lowest BCUT2D eigenvalue weighted by molar-refractivity contribution is -0.147. The van der Waals surface area contributed by atoms with Gasteiger partial charge in [-0.15, -0.1) is 0 Å². The van der Waals surface area contributed by atoms with Crippen LogP contribution in [0.1, 0.15) is 47.5 Å². The normalized spacial score (nSPS) is 22.9. The van der Waals surface area contributed by atoms with Crippen molar-refractivity contribution in [2.24, 2.45) is 0 Å². The largest absolute Gasteiger partial charge is 0.496 e. The van der Waals surface area contributed by atoms with Gasteiger partial charge in [0.25, 0.3) is 0 Å². The molecule has 1 aromatic rings. The minimum absolute atomic E-state index is 0.0257. The summed E-state index contributed by atoms with van der Waals surface area (Å²) in [6, 6.07) is 4.02. The van der Waals surface area contributed by atoms with Crippen LogP contribution in [0.5, 0.6) is 0 Å². The van der Waals surface area contributed by atoms with Gasteiger partial charge in [-0.2, -0.15) is 0 Å². The first-order valence-corrected chi connectivity index (χ1v) is 8.92. The zero-order valence-corrected chi connectivity index (χ0v) is 15.7. The number of anilines is 1. The third-order valence-electron chi connectivity index (χ3n) is 5.39. The molecule has 0 N–H and O–H groups in total. The molecule has 0 bridgehead atoms. The molecule has 3 heterocycles. The van der Waals surface area contributed by atoms with Gasteiger partial charge in [-0.1, -0.05) is 6.07 Å². The van der Waals surface area contributed by atoms with Crippen LogP contribution >= 0.6 is 0 Å². The molecule has 0 unspecified atom stereocenters. The highest BCUT2D eigenvalue weighted by Crippen LogP contribution is 2.36. The summed E-state index contributed by atoms with van der Waals surface area (Å²) in [6.45, 7) is 11.3. The molecule has 7 heteroatoms. The van der Waals surface area contributed by atoms with Crippen LogP contribution in [0, 0.1) is 0 Å². The van der Waals surface area contributed by atoms with Crippen molar-refractivity contribution in [1.29, 1.82) is 0 Å². The summed E-state index contributed by atoms with van der Waals surface area (Å²) in [5.74, 6) is 0.727. The van der Waals surface area contributed by atoms with E-state index in [2.05, 4.69) is 9.88 Å². The van der Waals surface area contributed by atoms with E-state index in [-0.39, 0.29) is 30.4 Å². The number of ether oxygens (including phenoxy) is 1. The number of rotatable bonds is 3. The van der Waals surface area contributed by atoms with E-state index >= 15 is 0 Å². The second-order valence-electron chi connectivity index (χ2n) is 7.83. The molecule has 2 aliphatic rings. The molecule has 0 aliphatic carbocycles. The average molecular weight is 346 g/mol. The lowest BCUT2D eigenvalue weighted by Crippen LogP contribution is -2.41. The minimum atomic E-state index is -0.388. The fourth-order valence-electron chi connectivity index (χ4n) is 3.14. The van der Waals surface area contributed by atoms with Crippen molar-refractivity contribution in [2.45, 2.75) is 64.8 Å². The number of hydrogen-bond acceptors (Lipinski definition) is 6. The van der Waals surface area contributed by atoms with Crippen LogP contribution < -0.4 is 10.4 Å². The molecule has 0 radical (unpaired) electrons. The molecule has 2 aliphatic heterocycles. The first-order chi connectivity index (χ1) is 11.7. The van der Waals surface area contributed by atoms with Crippen molar-refractivity contribution in [1.82, 2.24) is 4.98 Å². The first kappa shape index (κ1) is 18.2. The van der Waals surface area contributed by atoms with E-state index in [4.69, 9.17) is 14.0 Å². The minimum Gasteiger partial charge on any atom is -0.462 e. The van der Waals surface area contributed by atoms with Crippen LogP contribution in [0.25, 0.3) is 0 Å². The number of aromatic nitrogens is 1. The Kier molecular flexibility index (Phi) is 4.81. The van der Waals surface area contributed by atoms with Crippen molar-refractivity contribution in [3.05, 3.63) is 18.3 Å². The number of carbonyl (C=O) groups is 1. The Morgan fingerprint density at radius 2 is 1.80 bits per heavy atom. The quantitative estimate of drug-likeness (QED) is 0.616. The van der Waals surface area contributed by atoms with Crippen LogP contribution in [0.15, 0.2) is 18.3 Å². The second kappa shape index (κ2) is 6.61. The molecule has 3 rings (SSSR count). The molecule has 0 spiro atoms. The molecule has 0 atom stereocenters. The Labute approximate surface area is 150 Å². The average Bonchev–Trinajstić information content (AvgIpc) is 2.76. The number of carbonyl (C=O) groups excluding carboxylic acids is 1. The Bertz CT molecular complexity index is 608. The summed E-state index contributed by atoms with van der Waals surface area (Å²) in [6.07, 6.45) is 3.52. The van der Waals surface area contributed by atoms with Gasteiger partial charge in [0.05, 0.1) is 11.2 Å². The molecule has 0 saturated carbocycles. The molecule has 0 amide bonds. The number of nitrogens with zero attached hydrogens (tertiary/aromatic N) is 2. The van der Waals surface area contributed by atoms with Gasteiger partial charge in [-0.05, 0) is 33.8 Å². The van der Waals surface area contributed by atoms with Gasteiger partial charge in [0.2, 0.25) is 0 Å². The summed E-state index contributed by atoms with van der Waals surface area (Å²) in [5, 5.41) is 0. The van der Waals surface area contributed by atoms with E-state index in [0.29, 0.717) is 0 Å². The van der Waals surface area contributed by atoms with E-state index in [9.17, 15) is 4.79 Å². The smallest absolute Gasteiger partial charge is 0.462 e. The lowest BCUT2D eigenvalue weighted by Gasteiger charge is -2.32. The van der Waals surface area contributed by atoms with Gasteiger partial charge in [0.1, 0.15) is 11.9 Å². The highest BCUT2D eigenvalue weighted by molar-refractivity contribution is 6.62. The van der Waals surface area contributed by atoms with Gasteiger partial charge in [-0.25, -0.2) is 4.98 Å². The van der Waals surface area contributed by atoms with Crippen LogP contribution in [-0.2, 0) is 18.8 Å². The van der Waals surface area contributed by atoms with Gasteiger partial charge in [-0.3, -0.25) is 4.79 Å². The maximum absolute atomic E-state index is 11.0. The third-order valence-corrected chi connectivity index (χ3v) is 5.39. The second-order valence-corrected chi connectivity index (χ2v) is 7.83. The van der Waals surface area contributed by atoms with E-state index < -0.39 is 0 Å². The van der Waals surface area contributed by atoms with Crippen molar-refractivity contribution in [3.63, 3.8) is 0 Å². The lowest BCUT2D eigenvalue weighted by atomic mass is 9.80. The summed E-state index contributed by atoms with van der Waals surface area (Å²) >= 11 is 0. The maximum Gasteiger partial charge on any atom is 0.496 e. The first-order valence-electron chi connectivity index (χ1n) is 8.92. The van der Waals surface area contributed by atoms with E-state index in [1.807, 2.05) is 46.0 Å². The molecule has 0 aromatic carbocycles. The van der Waals surface area contributed by atoms with Gasteiger partial charge in [0, 0.05) is 44.5 Å². The predicted octanol–water partition coefficient (Wildman–Crippen LogP) is 1.91. The van der Waals surface area contributed by atoms with Crippen LogP contribution in [0.3, 0.4) is 0 Å². The van der Waals surface area contributed by atoms with Crippen molar-refractivity contribution >= 4 is 24.4 Å². The Morgan fingerprint density at radius 3 is 2.28 bits per heavy atom. The zero-order chi connectivity index (χ0) is 18.2. The fraction of sp³-hybridized carbons (Fsp3) is 0.667. The van der Waals surface area contributed by atoms with Gasteiger partial charge >= 0.3 is 13.1 Å². The zero-order valence-electron chi connectivity index (χ0n) is 15.7. The molecule has 25 heavy (non-hydrogen) atoms. The van der Waals surface area contributed by atoms with Crippen molar-refractivity contribution in [3.8, 4) is 0 Å². The molecule has 2 fully saturated rings. The van der Waals surface area contributed by atoms with Crippen molar-refractivity contribution < 1.29 is 18.8 Å². The number of pyridine rings is 1. The van der Waals surface area contributed by atoms with Crippen LogP contribution in [0.2, 0.25) is 0 Å². The SMILES string of the molecule is CC(=O)OC1CCN(c2ccc(B3OC(C)(C)C(C)(C)O3)cn2)CC1. The molecule has 1 aromatic heterocycles. The third kappa shape index (κ3) is 3.82. The van der Waals surface area contributed by atoms with E-state index in [1.54, 1.807) is 0 Å².